The molecule has 4 nitrogen and oxygen atoms in total. The number of carbonyl (C=O) groups is 1. The van der Waals surface area contributed by atoms with Crippen LogP contribution in [0.5, 0.6) is 5.75 Å². The van der Waals surface area contributed by atoms with E-state index in [9.17, 15) is 18.8 Å². The Bertz CT molecular complexity index is 549. The van der Waals surface area contributed by atoms with Crippen LogP contribution >= 0.6 is 0 Å². The topological polar surface area (TPSA) is 62.1 Å². The van der Waals surface area contributed by atoms with E-state index in [1.807, 2.05) is 0 Å². The van der Waals surface area contributed by atoms with Crippen LogP contribution in [0, 0.1) is 16.7 Å². The van der Waals surface area contributed by atoms with Gasteiger partial charge in [-0.15, -0.1) is 0 Å². The SMILES string of the molecule is N#CC1(C(=O)Nc2ccccc2OC(F)F)CCCCC1. The van der Waals surface area contributed by atoms with Crippen molar-refractivity contribution in [1.29, 1.82) is 5.26 Å². The highest BCUT2D eigenvalue weighted by atomic mass is 19.3. The Morgan fingerprint density at radius 3 is 2.57 bits per heavy atom. The van der Waals surface area contributed by atoms with Crippen molar-refractivity contribution >= 4 is 11.6 Å². The van der Waals surface area contributed by atoms with Crippen molar-refractivity contribution in [2.24, 2.45) is 5.41 Å². The van der Waals surface area contributed by atoms with Gasteiger partial charge in [0.2, 0.25) is 5.91 Å². The minimum atomic E-state index is -2.97. The van der Waals surface area contributed by atoms with Gasteiger partial charge in [-0.1, -0.05) is 31.4 Å². The summed E-state index contributed by atoms with van der Waals surface area (Å²) < 4.78 is 29.1. The number of amides is 1. The van der Waals surface area contributed by atoms with Crippen LogP contribution in [0.1, 0.15) is 32.1 Å². The third kappa shape index (κ3) is 3.48. The summed E-state index contributed by atoms with van der Waals surface area (Å²) >= 11 is 0. The Morgan fingerprint density at radius 2 is 1.95 bits per heavy atom. The first-order valence-corrected chi connectivity index (χ1v) is 6.84. The number of nitrogens with one attached hydrogen (secondary N) is 1. The molecule has 2 rings (SSSR count). The summed E-state index contributed by atoms with van der Waals surface area (Å²) in [4.78, 5) is 12.4. The van der Waals surface area contributed by atoms with Crippen molar-refractivity contribution < 1.29 is 18.3 Å². The lowest BCUT2D eigenvalue weighted by Crippen LogP contribution is -2.36. The maximum atomic E-state index is 12.4. The average Bonchev–Trinajstić information content (AvgIpc) is 2.49. The third-order valence-corrected chi connectivity index (χ3v) is 3.71. The summed E-state index contributed by atoms with van der Waals surface area (Å²) in [6.45, 7) is -2.97. The Hall–Kier alpha value is -2.16. The number of ether oxygens (including phenoxy) is 1. The molecule has 1 fully saturated rings. The first-order chi connectivity index (χ1) is 10.1. The van der Waals surface area contributed by atoms with Gasteiger partial charge in [0.1, 0.15) is 11.2 Å². The van der Waals surface area contributed by atoms with Crippen LogP contribution in [0.4, 0.5) is 14.5 Å². The van der Waals surface area contributed by atoms with E-state index in [-0.39, 0.29) is 11.4 Å². The molecule has 0 atom stereocenters. The molecule has 0 unspecified atom stereocenters. The molecule has 21 heavy (non-hydrogen) atoms. The lowest BCUT2D eigenvalue weighted by atomic mass is 9.74. The van der Waals surface area contributed by atoms with Gasteiger partial charge in [-0.3, -0.25) is 4.79 Å². The average molecular weight is 294 g/mol. The highest BCUT2D eigenvalue weighted by molar-refractivity contribution is 5.98. The fourth-order valence-corrected chi connectivity index (χ4v) is 2.56. The molecule has 0 spiro atoms. The second-order valence-electron chi connectivity index (χ2n) is 5.08. The summed E-state index contributed by atoms with van der Waals surface area (Å²) in [6.07, 6.45) is 3.62. The predicted octanol–water partition coefficient (Wildman–Crippen LogP) is 3.70. The second kappa shape index (κ2) is 6.53. The minimum absolute atomic E-state index is 0.107. The summed E-state index contributed by atoms with van der Waals surface area (Å²) in [5, 5.41) is 11.9. The molecular weight excluding hydrogens is 278 g/mol. The van der Waals surface area contributed by atoms with Crippen LogP contribution in [0.25, 0.3) is 0 Å². The first kappa shape index (κ1) is 15.2. The summed E-state index contributed by atoms with van der Waals surface area (Å²) in [7, 11) is 0. The molecule has 1 amide bonds. The van der Waals surface area contributed by atoms with E-state index in [1.54, 1.807) is 6.07 Å². The van der Waals surface area contributed by atoms with Gasteiger partial charge in [0, 0.05) is 0 Å². The van der Waals surface area contributed by atoms with Crippen molar-refractivity contribution in [3.05, 3.63) is 24.3 Å². The standard InChI is InChI=1S/C15H16F2N2O2/c16-14(17)21-12-7-3-2-6-11(12)19-13(20)15(10-18)8-4-1-5-9-15/h2-3,6-7,14H,1,4-5,8-9H2,(H,19,20). The fraction of sp³-hybridized carbons (Fsp3) is 0.467. The number of nitrogens with zero attached hydrogens (tertiary/aromatic N) is 1. The molecule has 1 aliphatic carbocycles. The predicted molar refractivity (Wildman–Crippen MR) is 72.8 cm³/mol. The zero-order valence-electron chi connectivity index (χ0n) is 11.4. The number of carbonyl (C=O) groups excluding carboxylic acids is 1. The van der Waals surface area contributed by atoms with E-state index >= 15 is 0 Å². The number of alkyl halides is 2. The summed E-state index contributed by atoms with van der Waals surface area (Å²) in [5.41, 5.74) is -0.918. The van der Waals surface area contributed by atoms with Crippen LogP contribution in [0.3, 0.4) is 0 Å². The molecule has 1 aromatic carbocycles. The third-order valence-electron chi connectivity index (χ3n) is 3.71. The monoisotopic (exact) mass is 294 g/mol. The van der Waals surface area contributed by atoms with Gasteiger partial charge in [-0.25, -0.2) is 0 Å². The van der Waals surface area contributed by atoms with Crippen LogP contribution < -0.4 is 10.1 Å². The molecule has 0 radical (unpaired) electrons. The molecular formula is C15H16F2N2O2. The number of hydrogen-bond donors (Lipinski definition) is 1. The number of halogens is 2. The molecule has 0 bridgehead atoms. The molecule has 1 N–H and O–H groups in total. The second-order valence-corrected chi connectivity index (χ2v) is 5.08. The molecule has 1 aromatic rings. The number of anilines is 1. The normalized spacial score (nSPS) is 17.0. The maximum Gasteiger partial charge on any atom is 0.387 e. The lowest BCUT2D eigenvalue weighted by molar-refractivity contribution is -0.124. The van der Waals surface area contributed by atoms with Crippen LogP contribution in [-0.2, 0) is 4.79 Å². The highest BCUT2D eigenvalue weighted by Gasteiger charge is 2.40. The summed E-state index contributed by atoms with van der Waals surface area (Å²) in [6, 6.07) is 8.06. The quantitative estimate of drug-likeness (QED) is 0.921. The van der Waals surface area contributed by atoms with E-state index in [4.69, 9.17) is 0 Å². The van der Waals surface area contributed by atoms with Gasteiger partial charge < -0.3 is 10.1 Å². The van der Waals surface area contributed by atoms with Gasteiger partial charge in [0.25, 0.3) is 0 Å². The van der Waals surface area contributed by atoms with Crippen molar-refractivity contribution in [3.63, 3.8) is 0 Å². The zero-order chi connectivity index (χ0) is 15.3. The van der Waals surface area contributed by atoms with Crippen LogP contribution in [0.2, 0.25) is 0 Å². The molecule has 0 saturated heterocycles. The Labute approximate surface area is 121 Å². The molecule has 0 aromatic heterocycles. The zero-order valence-corrected chi connectivity index (χ0v) is 11.4. The van der Waals surface area contributed by atoms with E-state index in [1.165, 1.54) is 18.2 Å². The van der Waals surface area contributed by atoms with Gasteiger partial charge in [-0.05, 0) is 25.0 Å². The van der Waals surface area contributed by atoms with Crippen molar-refractivity contribution in [2.45, 2.75) is 38.7 Å². The molecule has 0 heterocycles. The molecule has 6 heteroatoms. The summed E-state index contributed by atoms with van der Waals surface area (Å²) in [5.74, 6) is -0.556. The molecule has 1 saturated carbocycles. The van der Waals surface area contributed by atoms with Crippen molar-refractivity contribution in [2.75, 3.05) is 5.32 Å². The van der Waals surface area contributed by atoms with Gasteiger partial charge in [0.15, 0.2) is 0 Å². The Balaban J connectivity index is 2.17. The Morgan fingerprint density at radius 1 is 1.29 bits per heavy atom. The van der Waals surface area contributed by atoms with Crippen molar-refractivity contribution in [1.82, 2.24) is 0 Å². The fourth-order valence-electron chi connectivity index (χ4n) is 2.56. The van der Waals surface area contributed by atoms with E-state index in [0.717, 1.165) is 19.3 Å². The number of benzene rings is 1. The molecule has 112 valence electrons. The largest absolute Gasteiger partial charge is 0.433 e. The van der Waals surface area contributed by atoms with Crippen LogP contribution in [-0.4, -0.2) is 12.5 Å². The lowest BCUT2D eigenvalue weighted by Gasteiger charge is -2.29. The van der Waals surface area contributed by atoms with E-state index in [2.05, 4.69) is 16.1 Å². The van der Waals surface area contributed by atoms with Crippen molar-refractivity contribution in [3.8, 4) is 11.8 Å². The molecule has 1 aliphatic rings. The van der Waals surface area contributed by atoms with E-state index < -0.39 is 17.9 Å². The first-order valence-electron chi connectivity index (χ1n) is 6.84. The molecule has 0 aliphatic heterocycles. The van der Waals surface area contributed by atoms with Gasteiger partial charge >= 0.3 is 6.61 Å². The number of hydrogen-bond acceptors (Lipinski definition) is 3. The van der Waals surface area contributed by atoms with Gasteiger partial charge in [0.05, 0.1) is 11.8 Å². The number of para-hydroxylation sites is 2. The van der Waals surface area contributed by atoms with E-state index in [0.29, 0.717) is 12.8 Å². The number of rotatable bonds is 4. The maximum absolute atomic E-state index is 12.4. The van der Waals surface area contributed by atoms with Gasteiger partial charge in [-0.2, -0.15) is 14.0 Å². The highest BCUT2D eigenvalue weighted by Crippen LogP contribution is 2.37. The Kier molecular flexibility index (Phi) is 4.73. The minimum Gasteiger partial charge on any atom is -0.433 e. The number of nitriles is 1. The smallest absolute Gasteiger partial charge is 0.387 e. The van der Waals surface area contributed by atoms with Crippen LogP contribution in [0.15, 0.2) is 24.3 Å².